The first-order valence-corrected chi connectivity index (χ1v) is 23.5. The molecule has 0 saturated carbocycles. The van der Waals surface area contributed by atoms with Gasteiger partial charge >= 0.3 is 335 Å². The van der Waals surface area contributed by atoms with E-state index in [0.29, 0.717) is 17.5 Å². The van der Waals surface area contributed by atoms with E-state index in [1.54, 1.807) is 0 Å². The molecule has 13 rings (SSSR count). The van der Waals surface area contributed by atoms with Gasteiger partial charge in [0.2, 0.25) is 0 Å². The van der Waals surface area contributed by atoms with E-state index in [-0.39, 0.29) is 0 Å². The first-order valence-electron chi connectivity index (χ1n) is 21.3. The number of nitrogens with zero attached hydrogens (tertiary/aromatic N) is 3. The number of hydrogen-bond donors (Lipinski definition) is 0. The summed E-state index contributed by atoms with van der Waals surface area (Å²) in [5, 5.41) is 12.6. The maximum absolute atomic E-state index is 5.17. The number of fused-ring (bicyclic) bond motifs is 12. The number of hydrogen-bond acceptors (Lipinski definition) is 3. The molecule has 3 nitrogen and oxygen atoms in total. The van der Waals surface area contributed by atoms with Crippen LogP contribution in [-0.2, 0) is 0 Å². The van der Waals surface area contributed by atoms with Crippen molar-refractivity contribution in [3.05, 3.63) is 219 Å². The number of halogens is 1. The Balaban J connectivity index is 0.842. The van der Waals surface area contributed by atoms with E-state index in [4.69, 9.17) is 15.0 Å². The van der Waals surface area contributed by atoms with Crippen LogP contribution >= 0.6 is 0 Å². The molecule has 0 unspecified atom stereocenters. The minimum absolute atomic E-state index is 0.431. The third-order valence-corrected chi connectivity index (χ3v) is 15.6. The summed E-state index contributed by atoms with van der Waals surface area (Å²) < 4.78 is 2.84. The zero-order chi connectivity index (χ0) is 41.4. The van der Waals surface area contributed by atoms with Crippen molar-refractivity contribution in [3.63, 3.8) is 0 Å². The van der Waals surface area contributed by atoms with Gasteiger partial charge in [-0.25, -0.2) is 0 Å². The first-order chi connectivity index (χ1) is 31.2. The van der Waals surface area contributed by atoms with Crippen LogP contribution < -0.4 is 21.2 Å². The summed E-state index contributed by atoms with van der Waals surface area (Å²) in [5.74, 6) is 2.03. The van der Waals surface area contributed by atoms with Crippen LogP contribution in [0.5, 0.6) is 0 Å². The van der Waals surface area contributed by atoms with E-state index < -0.39 is 21.2 Å². The van der Waals surface area contributed by atoms with Crippen molar-refractivity contribution in [2.45, 2.75) is 0 Å². The molecule has 1 aliphatic heterocycles. The Bertz CT molecular complexity index is 3800. The van der Waals surface area contributed by atoms with Crippen LogP contribution in [0.4, 0.5) is 0 Å². The molecule has 0 N–H and O–H groups in total. The van der Waals surface area contributed by atoms with Crippen molar-refractivity contribution >= 4 is 53.9 Å². The van der Waals surface area contributed by atoms with Gasteiger partial charge in [0.05, 0.1) is 0 Å². The van der Waals surface area contributed by atoms with E-state index in [2.05, 4.69) is 194 Å². The van der Waals surface area contributed by atoms with Crippen molar-refractivity contribution in [2.24, 2.45) is 0 Å². The fourth-order valence-electron chi connectivity index (χ4n) is 9.52. The molecule has 0 atom stereocenters. The summed E-state index contributed by atoms with van der Waals surface area (Å²) in [6.45, 7) is 0. The molecule has 0 amide bonds. The standard InChI is InChI=1S/C59H35IN3/c1-2-12-37(13-3-1)57-61-58(43-25-27-46-42(32-43)22-21-36-11-4-5-16-45(36)46)63-59(62-57)44-26-30-53-52-29-24-41(34-55(52)60-56(53)35-44)39-15-10-14-38(31-39)40-23-28-51-49-19-7-6-17-47(49)48-18-8-9-20-50(48)54(51)33-40/h1-35H/q-1. The predicted octanol–water partition coefficient (Wildman–Crippen LogP) is 12.1. The van der Waals surface area contributed by atoms with Crippen molar-refractivity contribution in [2.75, 3.05) is 0 Å². The van der Waals surface area contributed by atoms with Gasteiger partial charge in [-0.15, -0.1) is 0 Å². The summed E-state index contributed by atoms with van der Waals surface area (Å²) in [6.07, 6.45) is 0. The second-order valence-corrected chi connectivity index (χ2v) is 19.2. The van der Waals surface area contributed by atoms with Crippen molar-refractivity contribution < 1.29 is 21.2 Å². The summed E-state index contributed by atoms with van der Waals surface area (Å²) in [4.78, 5) is 15.3. The molecule has 0 fully saturated rings. The van der Waals surface area contributed by atoms with Crippen LogP contribution in [-0.4, -0.2) is 15.0 Å². The van der Waals surface area contributed by atoms with E-state index in [0.717, 1.165) is 22.1 Å². The molecule has 1 aliphatic rings. The molecule has 294 valence electrons. The predicted molar refractivity (Wildman–Crippen MR) is 257 cm³/mol. The molecular formula is C59H35IN3-. The molecule has 0 spiro atoms. The van der Waals surface area contributed by atoms with E-state index in [1.165, 1.54) is 89.0 Å². The molecule has 0 bridgehead atoms. The summed E-state index contributed by atoms with van der Waals surface area (Å²) >= 11 is -0.431. The van der Waals surface area contributed by atoms with Gasteiger partial charge in [0, 0.05) is 0 Å². The van der Waals surface area contributed by atoms with Gasteiger partial charge in [0.15, 0.2) is 0 Å². The Kier molecular flexibility index (Phi) is 8.34. The average molecular weight is 913 g/mol. The minimum atomic E-state index is -0.431. The van der Waals surface area contributed by atoms with Crippen LogP contribution in [0.3, 0.4) is 0 Å². The van der Waals surface area contributed by atoms with E-state index >= 15 is 0 Å². The molecule has 1 aromatic heterocycles. The molecule has 0 radical (unpaired) electrons. The SMILES string of the molecule is c1ccc(-c2nc(-c3ccc4c(c3)[I-]c3cc(-c5cccc(-c6ccc7c8ccccc8c8ccccc8c7c6)c5)ccc3-4)nc(-c3ccc4c(ccc5ccccc54)c3)n2)cc1. The van der Waals surface area contributed by atoms with Crippen LogP contribution in [0.1, 0.15) is 0 Å². The summed E-state index contributed by atoms with van der Waals surface area (Å²) in [6, 6.07) is 77.1. The van der Waals surface area contributed by atoms with E-state index in [9.17, 15) is 0 Å². The molecule has 0 saturated heterocycles. The fraction of sp³-hybridized carbons (Fsp3) is 0. The molecule has 63 heavy (non-hydrogen) atoms. The van der Waals surface area contributed by atoms with Crippen LogP contribution in [0.2, 0.25) is 0 Å². The zero-order valence-corrected chi connectivity index (χ0v) is 36.1. The molecule has 12 aromatic rings. The number of benzene rings is 11. The van der Waals surface area contributed by atoms with Gasteiger partial charge in [0.1, 0.15) is 0 Å². The van der Waals surface area contributed by atoms with Crippen LogP contribution in [0.15, 0.2) is 212 Å². The Morgan fingerprint density at radius 2 is 0.667 bits per heavy atom. The van der Waals surface area contributed by atoms with Crippen LogP contribution in [0.25, 0.3) is 121 Å². The van der Waals surface area contributed by atoms with Gasteiger partial charge in [-0.2, -0.15) is 0 Å². The first kappa shape index (κ1) is 36.1. The van der Waals surface area contributed by atoms with E-state index in [1.807, 2.05) is 18.2 Å². The molecule has 2 heterocycles. The zero-order valence-electron chi connectivity index (χ0n) is 33.9. The molecule has 4 heteroatoms. The third-order valence-electron chi connectivity index (χ3n) is 12.6. The van der Waals surface area contributed by atoms with Gasteiger partial charge in [-0.1, -0.05) is 42.5 Å². The molecule has 11 aromatic carbocycles. The Morgan fingerprint density at radius 3 is 1.37 bits per heavy atom. The quantitative estimate of drug-likeness (QED) is 0.128. The Labute approximate surface area is 374 Å². The molecular weight excluding hydrogens is 878 g/mol. The molecule has 0 aliphatic carbocycles. The Hall–Kier alpha value is -7.54. The number of aromatic nitrogens is 3. The summed E-state index contributed by atoms with van der Waals surface area (Å²) in [5.41, 5.74) is 10.5. The number of rotatable bonds is 5. The van der Waals surface area contributed by atoms with Gasteiger partial charge in [-0.3, -0.25) is 0 Å². The maximum atomic E-state index is 5.17. The fourth-order valence-corrected chi connectivity index (χ4v) is 12.7. The van der Waals surface area contributed by atoms with Crippen molar-refractivity contribution in [1.29, 1.82) is 0 Å². The second-order valence-electron chi connectivity index (χ2n) is 16.3. The topological polar surface area (TPSA) is 38.7 Å². The monoisotopic (exact) mass is 912 g/mol. The van der Waals surface area contributed by atoms with Gasteiger partial charge in [-0.05, 0) is 0 Å². The Morgan fingerprint density at radius 1 is 0.238 bits per heavy atom. The normalized spacial score (nSPS) is 12.2. The second kappa shape index (κ2) is 14.5. The van der Waals surface area contributed by atoms with Crippen molar-refractivity contribution in [1.82, 2.24) is 15.0 Å². The van der Waals surface area contributed by atoms with Crippen molar-refractivity contribution in [3.8, 4) is 67.5 Å². The summed E-state index contributed by atoms with van der Waals surface area (Å²) in [7, 11) is 0. The van der Waals surface area contributed by atoms with Gasteiger partial charge < -0.3 is 0 Å². The average Bonchev–Trinajstić information content (AvgIpc) is 3.73. The third kappa shape index (κ3) is 6.12. The van der Waals surface area contributed by atoms with Gasteiger partial charge in [0.25, 0.3) is 0 Å². The van der Waals surface area contributed by atoms with Crippen LogP contribution in [0, 0.1) is 7.14 Å².